The number of phosphoric ester groups is 2. The number of carbonyl (C=O) groups is 4. The van der Waals surface area contributed by atoms with Gasteiger partial charge in [-0.15, -0.1) is 0 Å². The quantitative estimate of drug-likeness (QED) is 0.0222. The molecule has 0 heterocycles. The van der Waals surface area contributed by atoms with Crippen molar-refractivity contribution in [3.8, 4) is 0 Å². The molecule has 0 aliphatic rings. The van der Waals surface area contributed by atoms with Gasteiger partial charge < -0.3 is 33.8 Å². The van der Waals surface area contributed by atoms with Crippen molar-refractivity contribution in [2.45, 2.75) is 387 Å². The Morgan fingerprint density at radius 3 is 0.747 bits per heavy atom. The van der Waals surface area contributed by atoms with Gasteiger partial charge in [0.25, 0.3) is 0 Å². The zero-order chi connectivity index (χ0) is 67.2. The van der Waals surface area contributed by atoms with Crippen LogP contribution in [-0.4, -0.2) is 96.7 Å². The molecule has 19 heteroatoms. The Balaban J connectivity index is 5.15. The van der Waals surface area contributed by atoms with E-state index in [9.17, 15) is 43.2 Å². The second-order valence-corrected chi connectivity index (χ2v) is 29.8. The smallest absolute Gasteiger partial charge is 0.462 e. The van der Waals surface area contributed by atoms with E-state index < -0.39 is 97.5 Å². The van der Waals surface area contributed by atoms with Gasteiger partial charge in [-0.2, -0.15) is 0 Å². The minimum absolute atomic E-state index is 0.105. The molecule has 0 spiro atoms. The first-order valence-corrected chi connectivity index (χ1v) is 40.5. The summed E-state index contributed by atoms with van der Waals surface area (Å²) < 4.78 is 68.2. The summed E-state index contributed by atoms with van der Waals surface area (Å²) in [5.74, 6) is -0.576. The van der Waals surface area contributed by atoms with Crippen molar-refractivity contribution in [3.05, 3.63) is 0 Å². The number of hydrogen-bond acceptors (Lipinski definition) is 15. The molecular formula is C72H140O17P2. The van der Waals surface area contributed by atoms with Crippen LogP contribution in [0.25, 0.3) is 0 Å². The number of aliphatic hydroxyl groups excluding tert-OH is 1. The van der Waals surface area contributed by atoms with Crippen LogP contribution in [0.15, 0.2) is 0 Å². The zero-order valence-electron chi connectivity index (χ0n) is 59.1. The molecule has 0 aromatic heterocycles. The predicted molar refractivity (Wildman–Crippen MR) is 368 cm³/mol. The van der Waals surface area contributed by atoms with Crippen LogP contribution in [0.3, 0.4) is 0 Å². The van der Waals surface area contributed by atoms with Crippen LogP contribution in [0.5, 0.6) is 0 Å². The highest BCUT2D eigenvalue weighted by Gasteiger charge is 2.30. The number of aliphatic hydroxyl groups is 1. The van der Waals surface area contributed by atoms with E-state index in [-0.39, 0.29) is 25.7 Å². The fourth-order valence-corrected chi connectivity index (χ4v) is 12.5. The van der Waals surface area contributed by atoms with Crippen LogP contribution >= 0.6 is 15.6 Å². The van der Waals surface area contributed by atoms with Gasteiger partial charge in [0.1, 0.15) is 19.3 Å². The standard InChI is InChI=1S/C72H140O17P2/c1-7-9-11-13-14-15-16-17-19-23-26-32-37-43-49-55-70(75)83-61-68(89-72(77)56-50-44-38-33-27-24-21-18-20-22-25-30-35-41-46-52-64(3)4)63-87-91(80,81)85-59-66(73)58-84-90(78,79)86-62-67(60-82-69(74)54-48-40-12-10-8-2)88-71(76)57-51-45-39-34-29-28-31-36-42-47-53-65(5)6/h64-68,73H,7-63H2,1-6H3,(H,78,79)(H,80,81)/t66-,67+,68+/m0/s1. The summed E-state index contributed by atoms with van der Waals surface area (Å²) in [6.45, 7) is 9.50. The molecule has 0 aliphatic carbocycles. The summed E-state index contributed by atoms with van der Waals surface area (Å²) in [5, 5.41) is 10.6. The Morgan fingerprint density at radius 1 is 0.297 bits per heavy atom. The van der Waals surface area contributed by atoms with Crippen LogP contribution in [-0.2, 0) is 65.4 Å². The van der Waals surface area contributed by atoms with Gasteiger partial charge >= 0.3 is 39.5 Å². The molecule has 0 saturated carbocycles. The fraction of sp³-hybridized carbons (Fsp3) is 0.944. The molecule has 0 saturated heterocycles. The van der Waals surface area contributed by atoms with Gasteiger partial charge in [-0.1, -0.05) is 318 Å². The Labute approximate surface area is 556 Å². The predicted octanol–water partition coefficient (Wildman–Crippen LogP) is 20.8. The molecule has 17 nitrogen and oxygen atoms in total. The molecule has 0 fully saturated rings. The van der Waals surface area contributed by atoms with Crippen molar-refractivity contribution in [1.82, 2.24) is 0 Å². The second-order valence-electron chi connectivity index (χ2n) is 26.9. The molecular weight excluding hydrogens is 1200 g/mol. The topological polar surface area (TPSA) is 237 Å². The molecule has 0 aliphatic heterocycles. The van der Waals surface area contributed by atoms with E-state index in [4.69, 9.17) is 37.0 Å². The van der Waals surface area contributed by atoms with Crippen molar-refractivity contribution >= 4 is 39.5 Å². The van der Waals surface area contributed by atoms with Gasteiger partial charge in [-0.3, -0.25) is 37.3 Å². The number of esters is 4. The van der Waals surface area contributed by atoms with E-state index in [1.54, 1.807) is 0 Å². The van der Waals surface area contributed by atoms with Gasteiger partial charge in [0.15, 0.2) is 12.2 Å². The lowest BCUT2D eigenvalue weighted by molar-refractivity contribution is -0.161. The maximum absolute atomic E-state index is 13.0. The first-order valence-electron chi connectivity index (χ1n) is 37.5. The van der Waals surface area contributed by atoms with E-state index in [1.165, 1.54) is 180 Å². The number of hydrogen-bond donors (Lipinski definition) is 3. The average Bonchev–Trinajstić information content (AvgIpc) is 3.72. The van der Waals surface area contributed by atoms with Gasteiger partial charge in [0.05, 0.1) is 26.4 Å². The molecule has 3 N–H and O–H groups in total. The Bertz CT molecular complexity index is 1770. The summed E-state index contributed by atoms with van der Waals surface area (Å²) >= 11 is 0. The Morgan fingerprint density at radius 2 is 0.505 bits per heavy atom. The third kappa shape index (κ3) is 66.5. The van der Waals surface area contributed by atoms with Crippen molar-refractivity contribution in [3.63, 3.8) is 0 Å². The minimum atomic E-state index is -4.95. The van der Waals surface area contributed by atoms with E-state index in [0.717, 1.165) is 108 Å². The molecule has 0 radical (unpaired) electrons. The summed E-state index contributed by atoms with van der Waals surface area (Å²) in [6, 6.07) is 0. The molecule has 0 rings (SSSR count). The van der Waals surface area contributed by atoms with Crippen LogP contribution in [0.4, 0.5) is 0 Å². The van der Waals surface area contributed by atoms with Gasteiger partial charge in [0, 0.05) is 25.7 Å². The number of phosphoric acid groups is 2. The summed E-state index contributed by atoms with van der Waals surface area (Å²) in [7, 11) is -9.89. The number of unbranched alkanes of at least 4 members (excludes halogenated alkanes) is 41. The first-order chi connectivity index (χ1) is 43.9. The number of ether oxygens (including phenoxy) is 4. The molecule has 2 unspecified atom stereocenters. The molecule has 91 heavy (non-hydrogen) atoms. The van der Waals surface area contributed by atoms with Crippen molar-refractivity contribution in [2.75, 3.05) is 39.6 Å². The maximum atomic E-state index is 13.0. The van der Waals surface area contributed by atoms with Crippen LogP contribution in [0.1, 0.15) is 369 Å². The van der Waals surface area contributed by atoms with Crippen molar-refractivity contribution < 1.29 is 80.2 Å². The highest BCUT2D eigenvalue weighted by atomic mass is 31.2. The van der Waals surface area contributed by atoms with Crippen molar-refractivity contribution in [2.24, 2.45) is 11.8 Å². The van der Waals surface area contributed by atoms with Crippen LogP contribution in [0.2, 0.25) is 0 Å². The lowest BCUT2D eigenvalue weighted by Crippen LogP contribution is -2.30. The normalized spacial score (nSPS) is 14.1. The highest BCUT2D eigenvalue weighted by molar-refractivity contribution is 7.47. The fourth-order valence-electron chi connectivity index (χ4n) is 10.9. The molecule has 0 amide bonds. The third-order valence-electron chi connectivity index (χ3n) is 16.7. The molecule has 0 aromatic rings. The zero-order valence-corrected chi connectivity index (χ0v) is 60.9. The number of rotatable bonds is 71. The van der Waals surface area contributed by atoms with E-state index in [2.05, 4.69) is 41.5 Å². The third-order valence-corrected chi connectivity index (χ3v) is 18.6. The van der Waals surface area contributed by atoms with E-state index in [1.807, 2.05) is 0 Å². The van der Waals surface area contributed by atoms with Gasteiger partial charge in [0.2, 0.25) is 0 Å². The van der Waals surface area contributed by atoms with Crippen molar-refractivity contribution in [1.29, 1.82) is 0 Å². The Hall–Kier alpha value is -1.94. The molecule has 5 atom stereocenters. The van der Waals surface area contributed by atoms with E-state index >= 15 is 0 Å². The molecule has 0 bridgehead atoms. The average molecular weight is 1340 g/mol. The second kappa shape index (κ2) is 64.1. The van der Waals surface area contributed by atoms with Crippen LogP contribution in [0, 0.1) is 11.8 Å². The van der Waals surface area contributed by atoms with Gasteiger partial charge in [-0.25, -0.2) is 9.13 Å². The molecule has 540 valence electrons. The summed E-state index contributed by atoms with van der Waals surface area (Å²) in [6.07, 6.45) is 50.3. The SMILES string of the molecule is CCCCCCCCCCCCCCCCCC(=O)OC[C@H](COP(=O)(O)OC[C@@H](O)COP(=O)(O)OC[C@@H](COC(=O)CCCCCCC)OC(=O)CCCCCCCCCCCCC(C)C)OC(=O)CCCCCCCCCCCCCCCCCC(C)C. The van der Waals surface area contributed by atoms with E-state index in [0.29, 0.717) is 25.7 Å². The van der Waals surface area contributed by atoms with Crippen LogP contribution < -0.4 is 0 Å². The summed E-state index contributed by atoms with van der Waals surface area (Å²) in [4.78, 5) is 72.4. The first kappa shape index (κ1) is 89.1. The monoisotopic (exact) mass is 1340 g/mol. The minimum Gasteiger partial charge on any atom is -0.462 e. The highest BCUT2D eigenvalue weighted by Crippen LogP contribution is 2.45. The Kier molecular flexibility index (Phi) is 62.7. The molecule has 0 aromatic carbocycles. The largest absolute Gasteiger partial charge is 0.472 e. The lowest BCUT2D eigenvalue weighted by Gasteiger charge is -2.21. The lowest BCUT2D eigenvalue weighted by atomic mass is 10.0. The maximum Gasteiger partial charge on any atom is 0.472 e. The number of carbonyl (C=O) groups excluding carboxylic acids is 4. The summed E-state index contributed by atoms with van der Waals surface area (Å²) in [5.41, 5.74) is 0. The van der Waals surface area contributed by atoms with Gasteiger partial charge in [-0.05, 0) is 37.5 Å².